The van der Waals surface area contributed by atoms with Crippen LogP contribution in [0.2, 0.25) is 0 Å². The predicted octanol–water partition coefficient (Wildman–Crippen LogP) is 20.2. The van der Waals surface area contributed by atoms with Crippen LogP contribution in [0.5, 0.6) is 0 Å². The minimum absolute atomic E-state index is 0.0523. The second-order valence-corrected chi connectivity index (χ2v) is 21.9. The third-order valence-electron chi connectivity index (χ3n) is 17.4. The van der Waals surface area contributed by atoms with E-state index in [1.165, 1.54) is 111 Å². The minimum Gasteiger partial charge on any atom is -0.310 e. The number of benzene rings is 11. The average molecular weight is 997 g/mol. The number of aromatic nitrogens is 1. The number of rotatable bonds is 9. The number of nitrogens with zero attached hydrogens (tertiary/aromatic N) is 2. The highest BCUT2D eigenvalue weighted by Crippen LogP contribution is 2.60. The minimum atomic E-state index is -0.359. The summed E-state index contributed by atoms with van der Waals surface area (Å²) in [4.78, 5) is 2.40. The number of allylic oxidation sites excluding steroid dienone is 4. The molecule has 0 saturated carbocycles. The molecular weight excluding hydrogens is 941 g/mol. The Kier molecular flexibility index (Phi) is 10.6. The summed E-state index contributed by atoms with van der Waals surface area (Å²) in [6.45, 7) is 4.69. The Morgan fingerprint density at radius 1 is 0.385 bits per heavy atom. The van der Waals surface area contributed by atoms with E-state index < -0.39 is 0 Å². The monoisotopic (exact) mass is 996 g/mol. The highest BCUT2D eigenvalue weighted by Gasteiger charge is 2.48. The van der Waals surface area contributed by atoms with Gasteiger partial charge in [0.05, 0.1) is 16.4 Å². The molecule has 3 aliphatic rings. The molecule has 0 spiro atoms. The summed E-state index contributed by atoms with van der Waals surface area (Å²) in [5.74, 6) is 0. The van der Waals surface area contributed by atoms with Gasteiger partial charge in [-0.15, -0.1) is 0 Å². The fraction of sp³-hybridized carbons (Fsp3) is 0.0789. The lowest BCUT2D eigenvalue weighted by atomic mass is 9.65. The van der Waals surface area contributed by atoms with E-state index in [1.54, 1.807) is 0 Å². The first-order valence-corrected chi connectivity index (χ1v) is 27.5. The Labute approximate surface area is 457 Å². The summed E-state index contributed by atoms with van der Waals surface area (Å²) in [6, 6.07) is 97.2. The van der Waals surface area contributed by atoms with Crippen LogP contribution in [0.3, 0.4) is 0 Å². The molecule has 1 aromatic heterocycles. The van der Waals surface area contributed by atoms with Crippen molar-refractivity contribution in [3.05, 3.63) is 312 Å². The van der Waals surface area contributed by atoms with Crippen LogP contribution in [0.25, 0.3) is 83.1 Å². The van der Waals surface area contributed by atoms with Crippen LogP contribution in [-0.4, -0.2) is 4.57 Å². The van der Waals surface area contributed by atoms with Crippen molar-refractivity contribution in [3.8, 4) is 61.3 Å². The van der Waals surface area contributed by atoms with Crippen molar-refractivity contribution in [2.75, 3.05) is 4.90 Å². The van der Waals surface area contributed by atoms with Crippen molar-refractivity contribution < 1.29 is 0 Å². The largest absolute Gasteiger partial charge is 0.310 e. The molecule has 0 N–H and O–H groups in total. The number of fused-ring (bicyclic) bond motifs is 9. The first kappa shape index (κ1) is 45.9. The smallest absolute Gasteiger partial charge is 0.0676 e. The Balaban J connectivity index is 0.782. The van der Waals surface area contributed by atoms with Crippen molar-refractivity contribution in [1.29, 1.82) is 0 Å². The number of hydrogen-bond donors (Lipinski definition) is 0. The first-order chi connectivity index (χ1) is 38.4. The molecule has 0 saturated heterocycles. The van der Waals surface area contributed by atoms with Crippen LogP contribution in [-0.2, 0) is 10.8 Å². The van der Waals surface area contributed by atoms with E-state index in [1.807, 2.05) is 0 Å². The topological polar surface area (TPSA) is 8.17 Å². The zero-order valence-electron chi connectivity index (χ0n) is 43.9. The lowest BCUT2D eigenvalue weighted by molar-refractivity contribution is 0.660. The van der Waals surface area contributed by atoms with E-state index >= 15 is 0 Å². The van der Waals surface area contributed by atoms with Crippen molar-refractivity contribution in [2.24, 2.45) is 0 Å². The number of hydrogen-bond acceptors (Lipinski definition) is 1. The summed E-state index contributed by atoms with van der Waals surface area (Å²) >= 11 is 0. The van der Waals surface area contributed by atoms with Gasteiger partial charge in [-0.05, 0) is 169 Å². The lowest BCUT2D eigenvalue weighted by Gasteiger charge is -2.36. The molecule has 11 aromatic carbocycles. The van der Waals surface area contributed by atoms with Gasteiger partial charge in [-0.1, -0.05) is 226 Å². The lowest BCUT2D eigenvalue weighted by Crippen LogP contribution is -2.30. The van der Waals surface area contributed by atoms with Crippen LogP contribution in [0, 0.1) is 0 Å². The highest BCUT2D eigenvalue weighted by atomic mass is 15.1. The second-order valence-electron chi connectivity index (χ2n) is 21.9. The van der Waals surface area contributed by atoms with E-state index in [2.05, 4.69) is 302 Å². The zero-order valence-corrected chi connectivity index (χ0v) is 43.9. The Hall–Kier alpha value is -9.50. The summed E-state index contributed by atoms with van der Waals surface area (Å²) < 4.78 is 2.44. The summed E-state index contributed by atoms with van der Waals surface area (Å²) in [7, 11) is 0. The van der Waals surface area contributed by atoms with Crippen LogP contribution in [0.4, 0.5) is 17.1 Å². The van der Waals surface area contributed by atoms with Crippen LogP contribution >= 0.6 is 0 Å². The van der Waals surface area contributed by atoms with Gasteiger partial charge in [-0.3, -0.25) is 0 Å². The van der Waals surface area contributed by atoms with Gasteiger partial charge in [0, 0.05) is 38.9 Å². The quantitative estimate of drug-likeness (QED) is 0.140. The molecule has 0 aliphatic heterocycles. The molecular formula is C76H56N2. The molecule has 15 rings (SSSR count). The molecule has 0 fully saturated rings. The number of anilines is 3. The molecule has 0 radical (unpaired) electrons. The SMILES string of the molecule is CC1(C)c2ccccc2-c2cc(N(c3ccccc3)c3cccc(-c4cccc(-c5ccc6c(c5)c5ccccc5n6-c5ccc(-c6cccc7c6-c6ccccc6C7(C6=CC=CCC6)c6ccccc6)cc5)c4)c3)ccc21. The van der Waals surface area contributed by atoms with Crippen LogP contribution < -0.4 is 4.90 Å². The van der Waals surface area contributed by atoms with E-state index in [9.17, 15) is 0 Å². The van der Waals surface area contributed by atoms with Gasteiger partial charge in [-0.2, -0.15) is 0 Å². The highest BCUT2D eigenvalue weighted by molar-refractivity contribution is 6.10. The molecule has 2 heteroatoms. The van der Waals surface area contributed by atoms with Gasteiger partial charge in [0.2, 0.25) is 0 Å². The van der Waals surface area contributed by atoms with Gasteiger partial charge in [-0.25, -0.2) is 0 Å². The molecule has 0 bridgehead atoms. The van der Waals surface area contributed by atoms with Gasteiger partial charge in [0.1, 0.15) is 0 Å². The Morgan fingerprint density at radius 3 is 1.77 bits per heavy atom. The van der Waals surface area contributed by atoms with Gasteiger partial charge >= 0.3 is 0 Å². The maximum absolute atomic E-state index is 2.44. The molecule has 1 unspecified atom stereocenters. The molecule has 370 valence electrons. The zero-order chi connectivity index (χ0) is 52.0. The normalized spacial score (nSPS) is 15.6. The molecule has 78 heavy (non-hydrogen) atoms. The Bertz CT molecular complexity index is 4400. The van der Waals surface area contributed by atoms with Gasteiger partial charge in [0.15, 0.2) is 0 Å². The fourth-order valence-corrected chi connectivity index (χ4v) is 13.8. The molecule has 12 aromatic rings. The van der Waals surface area contributed by atoms with Gasteiger partial charge in [0.25, 0.3) is 0 Å². The van der Waals surface area contributed by atoms with E-state index in [4.69, 9.17) is 0 Å². The van der Waals surface area contributed by atoms with Crippen molar-refractivity contribution in [3.63, 3.8) is 0 Å². The first-order valence-electron chi connectivity index (χ1n) is 27.5. The maximum atomic E-state index is 2.44. The van der Waals surface area contributed by atoms with Crippen LogP contribution in [0.1, 0.15) is 54.5 Å². The molecule has 3 aliphatic carbocycles. The van der Waals surface area contributed by atoms with Gasteiger partial charge < -0.3 is 9.47 Å². The van der Waals surface area contributed by atoms with Crippen molar-refractivity contribution in [2.45, 2.75) is 37.5 Å². The predicted molar refractivity (Wildman–Crippen MR) is 328 cm³/mol. The van der Waals surface area contributed by atoms with E-state index in [-0.39, 0.29) is 10.8 Å². The van der Waals surface area contributed by atoms with E-state index in [0.717, 1.165) is 35.6 Å². The standard InChI is InChI=1S/C76H56N2/c1-75(2)68-35-15-12-31-63(68)66-50-61(44-45-69(66)75)77(58-28-10-5-11-29-58)60-30-19-23-54(48-60)52-21-18-22-53(47-52)55-41-46-73-67(49-55)64-32-14-17-38-72(64)78(73)59-42-39-51(40-43-59)62-34-20-37-71-74(62)65-33-13-16-36-70(65)76(71,56-24-6-3-7-25-56)57-26-8-4-9-27-57/h3-8,10-26,28-50H,9,27H2,1-2H3. The summed E-state index contributed by atoms with van der Waals surface area (Å²) in [5, 5.41) is 2.48. The summed E-state index contributed by atoms with van der Waals surface area (Å²) in [5.41, 5.74) is 27.3. The molecule has 1 heterocycles. The van der Waals surface area contributed by atoms with Crippen molar-refractivity contribution in [1.82, 2.24) is 4.57 Å². The molecule has 0 amide bonds. The summed E-state index contributed by atoms with van der Waals surface area (Å²) in [6.07, 6.45) is 9.02. The fourth-order valence-electron chi connectivity index (χ4n) is 13.8. The maximum Gasteiger partial charge on any atom is 0.0676 e. The third kappa shape index (κ3) is 7.03. The van der Waals surface area contributed by atoms with Crippen molar-refractivity contribution >= 4 is 38.9 Å². The third-order valence-corrected chi connectivity index (χ3v) is 17.4. The Morgan fingerprint density at radius 2 is 0.974 bits per heavy atom. The van der Waals surface area contributed by atoms with Crippen LogP contribution in [0.15, 0.2) is 285 Å². The average Bonchev–Trinajstić information content (AvgIpc) is 4.29. The van der Waals surface area contributed by atoms with E-state index in [0.29, 0.717) is 0 Å². The second kappa shape index (κ2) is 18.1. The number of para-hydroxylation sites is 2. The molecule has 1 atom stereocenters. The molecule has 2 nitrogen and oxygen atoms in total.